The van der Waals surface area contributed by atoms with Crippen molar-refractivity contribution in [2.45, 2.75) is 25.7 Å². The summed E-state index contributed by atoms with van der Waals surface area (Å²) in [5, 5.41) is 0. The van der Waals surface area contributed by atoms with E-state index >= 15 is 0 Å². The zero-order valence-corrected chi connectivity index (χ0v) is 16.3. The van der Waals surface area contributed by atoms with Crippen molar-refractivity contribution in [3.63, 3.8) is 0 Å². The van der Waals surface area contributed by atoms with Gasteiger partial charge < -0.3 is 14.5 Å². The molecule has 1 saturated carbocycles. The number of methoxy groups -OCH3 is 1. The van der Waals surface area contributed by atoms with Crippen molar-refractivity contribution in [2.75, 3.05) is 38.2 Å². The molecule has 0 bridgehead atoms. The molecule has 1 amide bonds. The largest absolute Gasteiger partial charge is 0.497 e. The maximum absolute atomic E-state index is 13.6. The number of pyridine rings is 1. The lowest BCUT2D eigenvalue weighted by atomic mass is 9.86. The smallest absolute Gasteiger partial charge is 0.233 e. The average molecular weight is 365 g/mol. The monoisotopic (exact) mass is 365 g/mol. The van der Waals surface area contributed by atoms with Crippen LogP contribution in [0.5, 0.6) is 5.75 Å². The molecule has 1 aromatic carbocycles. The number of ether oxygens (including phenoxy) is 1. The van der Waals surface area contributed by atoms with Gasteiger partial charge in [0.05, 0.1) is 12.5 Å². The van der Waals surface area contributed by atoms with Gasteiger partial charge in [-0.25, -0.2) is 0 Å². The molecule has 0 radical (unpaired) electrons. The van der Waals surface area contributed by atoms with Crippen LogP contribution in [0, 0.1) is 5.41 Å². The van der Waals surface area contributed by atoms with Gasteiger partial charge in [0.15, 0.2) is 0 Å². The number of carbonyl (C=O) groups excluding carboxylic acids is 1. The Balaban J connectivity index is 1.51. The van der Waals surface area contributed by atoms with Gasteiger partial charge in [0.2, 0.25) is 5.91 Å². The summed E-state index contributed by atoms with van der Waals surface area (Å²) in [5.41, 5.74) is 1.86. The Hall–Kier alpha value is -2.56. The van der Waals surface area contributed by atoms with Gasteiger partial charge in [-0.15, -0.1) is 0 Å². The molecule has 0 spiro atoms. The second kappa shape index (κ2) is 6.55. The molecule has 1 aliphatic carbocycles. The van der Waals surface area contributed by atoms with Crippen molar-refractivity contribution >= 4 is 11.6 Å². The Morgan fingerprint density at radius 3 is 2.11 bits per heavy atom. The third-order valence-electron chi connectivity index (χ3n) is 6.28. The standard InChI is InChI=1S/C22H27N3O2/c1-21(2)16-22(21,17-4-6-19(27-3)7-5-17)20(26)25-14-12-24(13-15-25)18-8-10-23-11-9-18/h4-11H,12-16H2,1-3H3/t22-/m0/s1. The first kappa shape index (κ1) is 17.8. The molecule has 1 saturated heterocycles. The average Bonchev–Trinajstić information content (AvgIpc) is 3.31. The molecule has 5 heteroatoms. The molecule has 2 fully saturated rings. The molecule has 1 atom stereocenters. The molecule has 27 heavy (non-hydrogen) atoms. The lowest BCUT2D eigenvalue weighted by Crippen LogP contribution is -2.52. The number of hydrogen-bond donors (Lipinski definition) is 0. The molecular formula is C22H27N3O2. The summed E-state index contributed by atoms with van der Waals surface area (Å²) in [7, 11) is 1.67. The zero-order chi connectivity index (χ0) is 19.1. The van der Waals surface area contributed by atoms with Crippen LogP contribution in [-0.4, -0.2) is 49.1 Å². The zero-order valence-electron chi connectivity index (χ0n) is 16.3. The lowest BCUT2D eigenvalue weighted by molar-refractivity contribution is -0.135. The van der Waals surface area contributed by atoms with Crippen LogP contribution in [-0.2, 0) is 10.2 Å². The molecular weight excluding hydrogens is 338 g/mol. The highest BCUT2D eigenvalue weighted by Crippen LogP contribution is 2.65. The van der Waals surface area contributed by atoms with Gasteiger partial charge in [-0.2, -0.15) is 0 Å². The van der Waals surface area contributed by atoms with Gasteiger partial charge in [0.25, 0.3) is 0 Å². The number of aromatic nitrogens is 1. The predicted octanol–water partition coefficient (Wildman–Crippen LogP) is 3.11. The van der Waals surface area contributed by atoms with Gasteiger partial charge in [-0.05, 0) is 41.7 Å². The fourth-order valence-electron chi connectivity index (χ4n) is 4.47. The summed E-state index contributed by atoms with van der Waals surface area (Å²) >= 11 is 0. The fourth-order valence-corrected chi connectivity index (χ4v) is 4.47. The highest BCUT2D eigenvalue weighted by atomic mass is 16.5. The summed E-state index contributed by atoms with van der Waals surface area (Å²) in [4.78, 5) is 22.0. The van der Waals surface area contributed by atoms with Crippen molar-refractivity contribution in [2.24, 2.45) is 5.41 Å². The molecule has 1 aromatic heterocycles. The van der Waals surface area contributed by atoms with Crippen molar-refractivity contribution in [1.29, 1.82) is 0 Å². The number of rotatable bonds is 4. The van der Waals surface area contributed by atoms with Crippen LogP contribution >= 0.6 is 0 Å². The van der Waals surface area contributed by atoms with E-state index in [4.69, 9.17) is 4.74 Å². The van der Waals surface area contributed by atoms with Gasteiger partial charge in [0, 0.05) is 44.3 Å². The maximum atomic E-state index is 13.6. The van der Waals surface area contributed by atoms with E-state index in [-0.39, 0.29) is 11.3 Å². The molecule has 0 N–H and O–H groups in total. The van der Waals surface area contributed by atoms with Crippen LogP contribution < -0.4 is 9.64 Å². The third kappa shape index (κ3) is 2.95. The highest BCUT2D eigenvalue weighted by Gasteiger charge is 2.68. The van der Waals surface area contributed by atoms with Crippen molar-refractivity contribution in [1.82, 2.24) is 9.88 Å². The van der Waals surface area contributed by atoms with E-state index < -0.39 is 5.41 Å². The Kier molecular flexibility index (Phi) is 4.33. The highest BCUT2D eigenvalue weighted by molar-refractivity contribution is 5.93. The summed E-state index contributed by atoms with van der Waals surface area (Å²) in [5.74, 6) is 1.10. The molecule has 1 aliphatic heterocycles. The number of hydrogen-bond acceptors (Lipinski definition) is 4. The van der Waals surface area contributed by atoms with E-state index in [1.54, 1.807) is 7.11 Å². The van der Waals surface area contributed by atoms with E-state index in [2.05, 4.69) is 40.8 Å². The van der Waals surface area contributed by atoms with Crippen molar-refractivity contribution in [3.8, 4) is 5.75 Å². The molecule has 4 rings (SSSR count). The lowest BCUT2D eigenvalue weighted by Gasteiger charge is -2.38. The normalized spacial score (nSPS) is 23.8. The SMILES string of the molecule is COc1ccc([C@]2(C(=O)N3CCN(c4ccncc4)CC3)CC2(C)C)cc1. The molecule has 5 nitrogen and oxygen atoms in total. The second-order valence-electron chi connectivity index (χ2n) is 8.18. The minimum atomic E-state index is -0.405. The number of piperazine rings is 1. The maximum Gasteiger partial charge on any atom is 0.233 e. The molecule has 2 heterocycles. The van der Waals surface area contributed by atoms with E-state index in [1.807, 2.05) is 36.7 Å². The Morgan fingerprint density at radius 2 is 1.59 bits per heavy atom. The first-order valence-corrected chi connectivity index (χ1v) is 9.57. The fraction of sp³-hybridized carbons (Fsp3) is 0.455. The second-order valence-corrected chi connectivity index (χ2v) is 8.18. The number of carbonyl (C=O) groups is 1. The summed E-state index contributed by atoms with van der Waals surface area (Å²) in [6, 6.07) is 12.1. The van der Waals surface area contributed by atoms with Crippen LogP contribution in [0.25, 0.3) is 0 Å². The predicted molar refractivity (Wildman–Crippen MR) is 106 cm³/mol. The number of nitrogens with zero attached hydrogens (tertiary/aromatic N) is 3. The Labute approximate surface area is 161 Å². The Bertz CT molecular complexity index is 811. The van der Waals surface area contributed by atoms with Gasteiger partial charge >= 0.3 is 0 Å². The van der Waals surface area contributed by atoms with Crippen LogP contribution in [0.1, 0.15) is 25.8 Å². The number of anilines is 1. The molecule has 2 aromatic rings. The van der Waals surface area contributed by atoms with Crippen molar-refractivity contribution in [3.05, 3.63) is 54.4 Å². The minimum Gasteiger partial charge on any atom is -0.497 e. The number of benzene rings is 1. The summed E-state index contributed by atoms with van der Waals surface area (Å²) in [6.45, 7) is 7.62. The third-order valence-corrected chi connectivity index (χ3v) is 6.28. The number of amides is 1. The van der Waals surface area contributed by atoms with Gasteiger partial charge in [0.1, 0.15) is 5.75 Å². The van der Waals surface area contributed by atoms with E-state index in [1.165, 1.54) is 5.69 Å². The van der Waals surface area contributed by atoms with Crippen LogP contribution in [0.3, 0.4) is 0 Å². The summed E-state index contributed by atoms with van der Waals surface area (Å²) < 4.78 is 5.28. The van der Waals surface area contributed by atoms with Gasteiger partial charge in [-0.1, -0.05) is 26.0 Å². The quantitative estimate of drug-likeness (QED) is 0.835. The topological polar surface area (TPSA) is 45.7 Å². The molecule has 0 unspecified atom stereocenters. The minimum absolute atomic E-state index is 0.0130. The molecule has 2 aliphatic rings. The van der Waals surface area contributed by atoms with Crippen molar-refractivity contribution < 1.29 is 9.53 Å². The van der Waals surface area contributed by atoms with Crippen LogP contribution in [0.4, 0.5) is 5.69 Å². The van der Waals surface area contributed by atoms with E-state index in [0.29, 0.717) is 0 Å². The van der Waals surface area contributed by atoms with E-state index in [0.717, 1.165) is 43.9 Å². The van der Waals surface area contributed by atoms with Crippen LogP contribution in [0.15, 0.2) is 48.8 Å². The first-order valence-electron chi connectivity index (χ1n) is 9.57. The summed E-state index contributed by atoms with van der Waals surface area (Å²) in [6.07, 6.45) is 4.53. The first-order chi connectivity index (χ1) is 13.0. The van der Waals surface area contributed by atoms with Crippen LogP contribution in [0.2, 0.25) is 0 Å². The Morgan fingerprint density at radius 1 is 1.00 bits per heavy atom. The molecule has 142 valence electrons. The van der Waals surface area contributed by atoms with Gasteiger partial charge in [-0.3, -0.25) is 9.78 Å². The van der Waals surface area contributed by atoms with E-state index in [9.17, 15) is 4.79 Å².